The first-order chi connectivity index (χ1) is 29.4. The van der Waals surface area contributed by atoms with Crippen LogP contribution in [0.3, 0.4) is 0 Å². The maximum absolute atomic E-state index is 14.4. The van der Waals surface area contributed by atoms with E-state index in [1.807, 2.05) is 115 Å². The highest BCUT2D eigenvalue weighted by atomic mass is 16.5. The third kappa shape index (κ3) is 14.2. The highest BCUT2D eigenvalue weighted by molar-refractivity contribution is 5.90. The summed E-state index contributed by atoms with van der Waals surface area (Å²) in [4.78, 5) is 75.2. The summed E-state index contributed by atoms with van der Waals surface area (Å²) in [5.74, 6) is -2.17. The van der Waals surface area contributed by atoms with Crippen molar-refractivity contribution in [3.05, 3.63) is 65.7 Å². The summed E-state index contributed by atoms with van der Waals surface area (Å²) in [5.41, 5.74) is 8.43. The van der Waals surface area contributed by atoms with E-state index in [0.29, 0.717) is 38.0 Å². The van der Waals surface area contributed by atoms with Crippen LogP contribution in [0, 0.1) is 23.7 Å². The Hall–Kier alpha value is -4.53. The largest absolute Gasteiger partial charge is 0.399 e. The number of nitrogens with one attached hydrogen (secondary N) is 3. The Kier molecular flexibility index (Phi) is 20.8. The van der Waals surface area contributed by atoms with Crippen molar-refractivity contribution in [2.24, 2.45) is 23.7 Å². The molecule has 346 valence electrons. The summed E-state index contributed by atoms with van der Waals surface area (Å²) >= 11 is 0. The standard InChI is InChI=1S/C48H77N7O7/c1-13-32(6)43(54(10)48(60)41(30(2)3)52-47(59)42(31(4)5)53(8)9)39(61-11)29-40(56)55-27-17-20-38(55)44(62-12)33(7)45(57)51-37(28-35-18-15-14-16-19-35)46(58)50-26-25-34-21-23-36(49)24-22-34/h14-16,18-19,21-24,30-33,37-39,41-44H,13,17,20,25-29,49H2,1-12H3,(H,50,58)(H,51,57)(H,52,59)/t32-,33+,37-,38?,39+,41?,42-,43?,44+/m0/s1. The van der Waals surface area contributed by atoms with E-state index in [4.69, 9.17) is 15.2 Å². The van der Waals surface area contributed by atoms with E-state index in [-0.39, 0.29) is 53.7 Å². The molecule has 1 aliphatic heterocycles. The van der Waals surface area contributed by atoms with E-state index >= 15 is 0 Å². The lowest BCUT2D eigenvalue weighted by Crippen LogP contribution is -2.59. The summed E-state index contributed by atoms with van der Waals surface area (Å²) in [6, 6.07) is 14.1. The Morgan fingerprint density at radius 2 is 1.47 bits per heavy atom. The molecule has 0 aromatic heterocycles. The molecule has 0 spiro atoms. The Balaban J connectivity index is 1.78. The van der Waals surface area contributed by atoms with Gasteiger partial charge >= 0.3 is 0 Å². The summed E-state index contributed by atoms with van der Waals surface area (Å²) in [6.45, 7) is 14.5. The maximum atomic E-state index is 14.4. The van der Waals surface area contributed by atoms with E-state index in [9.17, 15) is 24.0 Å². The molecule has 2 aromatic rings. The highest BCUT2D eigenvalue weighted by Gasteiger charge is 2.43. The van der Waals surface area contributed by atoms with Crippen LogP contribution in [-0.4, -0.2) is 135 Å². The molecule has 5 N–H and O–H groups in total. The number of anilines is 1. The summed E-state index contributed by atoms with van der Waals surface area (Å²) in [6.07, 6.45) is 1.67. The van der Waals surface area contributed by atoms with Crippen molar-refractivity contribution < 1.29 is 33.4 Å². The van der Waals surface area contributed by atoms with Gasteiger partial charge in [0.1, 0.15) is 12.1 Å². The molecule has 14 heteroatoms. The number of carbonyl (C=O) groups is 5. The molecule has 3 unspecified atom stereocenters. The zero-order valence-electron chi connectivity index (χ0n) is 39.5. The van der Waals surface area contributed by atoms with Crippen LogP contribution in [0.1, 0.15) is 85.3 Å². The Morgan fingerprint density at radius 1 is 0.823 bits per heavy atom. The Labute approximate surface area is 371 Å². The van der Waals surface area contributed by atoms with Crippen LogP contribution in [-0.2, 0) is 46.3 Å². The molecule has 0 radical (unpaired) electrons. The number of methoxy groups -OCH3 is 2. The molecule has 1 aliphatic rings. The number of nitrogens with two attached hydrogens (primary N) is 1. The fraction of sp³-hybridized carbons (Fsp3) is 0.646. The van der Waals surface area contributed by atoms with Crippen molar-refractivity contribution in [2.45, 2.75) is 129 Å². The van der Waals surface area contributed by atoms with Crippen LogP contribution >= 0.6 is 0 Å². The van der Waals surface area contributed by atoms with E-state index in [1.165, 1.54) is 0 Å². The minimum absolute atomic E-state index is 0.00107. The van der Waals surface area contributed by atoms with Crippen LogP contribution in [0.25, 0.3) is 0 Å². The molecule has 9 atom stereocenters. The predicted octanol–water partition coefficient (Wildman–Crippen LogP) is 4.30. The lowest BCUT2D eigenvalue weighted by Gasteiger charge is -2.41. The third-order valence-corrected chi connectivity index (χ3v) is 12.6. The summed E-state index contributed by atoms with van der Waals surface area (Å²) in [5, 5.41) is 9.05. The second kappa shape index (κ2) is 24.9. The average molecular weight is 864 g/mol. The number of nitrogens with zero attached hydrogens (tertiary/aromatic N) is 3. The number of rotatable bonds is 24. The van der Waals surface area contributed by atoms with Gasteiger partial charge in [0, 0.05) is 46.5 Å². The van der Waals surface area contributed by atoms with Crippen LogP contribution in [0.4, 0.5) is 5.69 Å². The summed E-state index contributed by atoms with van der Waals surface area (Å²) < 4.78 is 12.1. The van der Waals surface area contributed by atoms with Crippen molar-refractivity contribution in [3.63, 3.8) is 0 Å². The number of ether oxygens (including phenoxy) is 2. The third-order valence-electron chi connectivity index (χ3n) is 12.6. The maximum Gasteiger partial charge on any atom is 0.245 e. The average Bonchev–Trinajstić information content (AvgIpc) is 3.72. The first kappa shape index (κ1) is 51.8. The van der Waals surface area contributed by atoms with E-state index < -0.39 is 48.3 Å². The number of likely N-dealkylation sites (tertiary alicyclic amines) is 1. The van der Waals surface area contributed by atoms with Gasteiger partial charge in [0.15, 0.2) is 0 Å². The van der Waals surface area contributed by atoms with Crippen molar-refractivity contribution in [1.82, 2.24) is 30.7 Å². The molecule has 1 heterocycles. The number of amides is 5. The smallest absolute Gasteiger partial charge is 0.245 e. The van der Waals surface area contributed by atoms with Gasteiger partial charge in [-0.3, -0.25) is 28.9 Å². The van der Waals surface area contributed by atoms with Crippen molar-refractivity contribution in [2.75, 3.05) is 54.2 Å². The quantitative estimate of drug-likeness (QED) is 0.112. The van der Waals surface area contributed by atoms with Crippen molar-refractivity contribution >= 4 is 35.2 Å². The lowest BCUT2D eigenvalue weighted by atomic mass is 9.89. The molecular weight excluding hydrogens is 787 g/mol. The molecule has 0 bridgehead atoms. The number of hydrogen-bond acceptors (Lipinski definition) is 9. The highest BCUT2D eigenvalue weighted by Crippen LogP contribution is 2.30. The first-order valence-corrected chi connectivity index (χ1v) is 22.4. The second-order valence-corrected chi connectivity index (χ2v) is 18.0. The van der Waals surface area contributed by atoms with Gasteiger partial charge < -0.3 is 41.0 Å². The van der Waals surface area contributed by atoms with E-state index in [0.717, 1.165) is 24.0 Å². The van der Waals surface area contributed by atoms with Crippen molar-refractivity contribution in [3.8, 4) is 0 Å². The first-order valence-electron chi connectivity index (χ1n) is 22.4. The summed E-state index contributed by atoms with van der Waals surface area (Å²) in [7, 11) is 8.54. The molecule has 62 heavy (non-hydrogen) atoms. The molecule has 3 rings (SSSR count). The number of carbonyl (C=O) groups excluding carboxylic acids is 5. The monoisotopic (exact) mass is 864 g/mol. The van der Waals surface area contributed by atoms with Crippen molar-refractivity contribution in [1.29, 1.82) is 0 Å². The minimum atomic E-state index is -0.842. The van der Waals surface area contributed by atoms with Crippen LogP contribution in [0.15, 0.2) is 54.6 Å². The number of hydrogen-bond donors (Lipinski definition) is 4. The van der Waals surface area contributed by atoms with Gasteiger partial charge in [-0.2, -0.15) is 0 Å². The molecule has 0 saturated carbocycles. The number of nitrogen functional groups attached to an aromatic ring is 1. The molecule has 1 fully saturated rings. The zero-order valence-corrected chi connectivity index (χ0v) is 39.5. The fourth-order valence-electron chi connectivity index (χ4n) is 8.91. The van der Waals surface area contributed by atoms with Crippen LogP contribution < -0.4 is 21.7 Å². The molecule has 2 aromatic carbocycles. The molecular formula is C48H77N7O7. The zero-order chi connectivity index (χ0) is 46.3. The van der Waals surface area contributed by atoms with Crippen LogP contribution in [0.5, 0.6) is 0 Å². The van der Waals surface area contributed by atoms with Gasteiger partial charge in [-0.25, -0.2) is 0 Å². The van der Waals surface area contributed by atoms with E-state index in [2.05, 4.69) is 16.0 Å². The molecule has 1 saturated heterocycles. The van der Waals surface area contributed by atoms with Gasteiger partial charge in [0.2, 0.25) is 29.5 Å². The number of benzene rings is 2. The lowest BCUT2D eigenvalue weighted by molar-refractivity contribution is -0.148. The molecule has 14 nitrogen and oxygen atoms in total. The Bertz CT molecular complexity index is 1720. The van der Waals surface area contributed by atoms with Gasteiger partial charge in [0.25, 0.3) is 0 Å². The molecule has 5 amide bonds. The van der Waals surface area contributed by atoms with Crippen LogP contribution in [0.2, 0.25) is 0 Å². The van der Waals surface area contributed by atoms with Gasteiger partial charge in [0.05, 0.1) is 42.7 Å². The van der Waals surface area contributed by atoms with Gasteiger partial charge in [-0.15, -0.1) is 0 Å². The van der Waals surface area contributed by atoms with Gasteiger partial charge in [-0.1, -0.05) is 97.4 Å². The predicted molar refractivity (Wildman–Crippen MR) is 245 cm³/mol. The number of likely N-dealkylation sites (N-methyl/N-ethyl adjacent to an activating group) is 2. The minimum Gasteiger partial charge on any atom is -0.399 e. The topological polar surface area (TPSA) is 176 Å². The van der Waals surface area contributed by atoms with E-state index in [1.54, 1.807) is 38.0 Å². The SMILES string of the molecule is CC[C@H](C)C([C@@H](CC(=O)N1CCCC1[C@H](OC)[C@@H](C)C(=O)N[C@@H](Cc1ccccc1)C(=O)NCCc1ccc(N)cc1)OC)N(C)C(=O)C(NC(=O)[C@H](C(C)C)N(C)C)C(C)C. The normalized spacial score (nSPS) is 18.0. The Morgan fingerprint density at radius 3 is 2.02 bits per heavy atom. The molecule has 0 aliphatic carbocycles. The van der Waals surface area contributed by atoms with Gasteiger partial charge in [-0.05, 0) is 74.4 Å². The fourth-order valence-corrected chi connectivity index (χ4v) is 8.91. The second-order valence-electron chi connectivity index (χ2n) is 18.0.